The maximum absolute atomic E-state index is 12.5. The summed E-state index contributed by atoms with van der Waals surface area (Å²) in [5, 5.41) is 24.5. The molecule has 188 valence electrons. The van der Waals surface area contributed by atoms with Gasteiger partial charge < -0.3 is 20.4 Å². The van der Waals surface area contributed by atoms with Crippen molar-refractivity contribution in [1.29, 1.82) is 0 Å². The van der Waals surface area contributed by atoms with Crippen molar-refractivity contribution >= 4 is 5.91 Å². The first-order valence-electron chi connectivity index (χ1n) is 13.0. The quantitative estimate of drug-likeness (QED) is 0.339. The molecule has 5 atom stereocenters. The molecule has 0 spiro atoms. The van der Waals surface area contributed by atoms with E-state index in [1.807, 2.05) is 23.1 Å². The molecule has 0 bridgehead atoms. The fraction of sp³-hybridized carbons (Fsp3) is 0.621. The van der Waals surface area contributed by atoms with Gasteiger partial charge in [0.05, 0.1) is 18.8 Å². The van der Waals surface area contributed by atoms with E-state index < -0.39 is 6.10 Å². The third-order valence-corrected chi connectivity index (χ3v) is 7.33. The van der Waals surface area contributed by atoms with Gasteiger partial charge in [-0.25, -0.2) is 0 Å². The molecule has 0 radical (unpaired) electrons. The Bertz CT molecular complexity index is 868. The molecular weight excluding hydrogens is 424 g/mol. The lowest BCUT2D eigenvalue weighted by atomic mass is 9.88. The third kappa shape index (κ3) is 7.03. The van der Waals surface area contributed by atoms with Gasteiger partial charge in [0.1, 0.15) is 0 Å². The van der Waals surface area contributed by atoms with Crippen molar-refractivity contribution in [2.45, 2.75) is 84.6 Å². The van der Waals surface area contributed by atoms with Gasteiger partial charge in [0.15, 0.2) is 0 Å². The van der Waals surface area contributed by atoms with Crippen LogP contribution in [0.1, 0.15) is 58.1 Å². The Balaban J connectivity index is 1.45. The predicted molar refractivity (Wildman–Crippen MR) is 138 cm³/mol. The minimum atomic E-state index is -0.542. The molecule has 2 aliphatic rings. The van der Waals surface area contributed by atoms with Gasteiger partial charge in [-0.1, -0.05) is 53.6 Å². The minimum absolute atomic E-state index is 0.0890. The number of nitrogens with zero attached hydrogens (tertiary/aromatic N) is 1. The summed E-state index contributed by atoms with van der Waals surface area (Å²) in [6, 6.07) is 8.65. The van der Waals surface area contributed by atoms with Crippen LogP contribution in [0.15, 0.2) is 48.1 Å². The highest BCUT2D eigenvalue weighted by molar-refractivity contribution is 5.78. The van der Waals surface area contributed by atoms with Gasteiger partial charge >= 0.3 is 0 Å². The normalized spacial score (nSPS) is 25.3. The third-order valence-electron chi connectivity index (χ3n) is 7.33. The Hall–Kier alpha value is -1.95. The number of rotatable bonds is 11. The van der Waals surface area contributed by atoms with Crippen molar-refractivity contribution in [2.75, 3.05) is 13.1 Å². The molecule has 5 nitrogen and oxygen atoms in total. The molecule has 3 rings (SSSR count). The van der Waals surface area contributed by atoms with Crippen molar-refractivity contribution in [2.24, 2.45) is 17.8 Å². The number of nitrogens with one attached hydrogen (secondary N) is 1. The van der Waals surface area contributed by atoms with Crippen molar-refractivity contribution in [3.63, 3.8) is 0 Å². The first kappa shape index (κ1) is 26.7. The first-order chi connectivity index (χ1) is 16.2. The molecule has 3 N–H and O–H groups in total. The van der Waals surface area contributed by atoms with Crippen LogP contribution in [0.3, 0.4) is 0 Å². The van der Waals surface area contributed by atoms with Crippen LogP contribution in [0.2, 0.25) is 0 Å². The number of aryl methyl sites for hydroxylation is 1. The zero-order valence-electron chi connectivity index (χ0n) is 21.6. The molecule has 0 heterocycles. The Kier molecular flexibility index (Phi) is 9.52. The Labute approximate surface area is 205 Å². The highest BCUT2D eigenvalue weighted by atomic mass is 16.3. The summed E-state index contributed by atoms with van der Waals surface area (Å²) in [6.07, 6.45) is 8.70. The van der Waals surface area contributed by atoms with E-state index in [2.05, 4.69) is 64.2 Å². The van der Waals surface area contributed by atoms with E-state index in [1.54, 1.807) is 0 Å². The lowest BCUT2D eigenvalue weighted by Crippen LogP contribution is -2.46. The molecule has 0 unspecified atom stereocenters. The number of benzene rings is 1. The molecule has 1 saturated carbocycles. The largest absolute Gasteiger partial charge is 0.392 e. The molecule has 34 heavy (non-hydrogen) atoms. The lowest BCUT2D eigenvalue weighted by Gasteiger charge is -2.31. The second-order valence-corrected chi connectivity index (χ2v) is 10.8. The van der Waals surface area contributed by atoms with Crippen molar-refractivity contribution in [3.8, 4) is 0 Å². The van der Waals surface area contributed by atoms with Crippen molar-refractivity contribution < 1.29 is 15.0 Å². The zero-order chi connectivity index (χ0) is 24.8. The maximum Gasteiger partial charge on any atom is 0.236 e. The molecule has 1 amide bonds. The molecule has 1 aromatic rings. The van der Waals surface area contributed by atoms with Gasteiger partial charge in [0, 0.05) is 24.4 Å². The summed E-state index contributed by atoms with van der Waals surface area (Å²) in [7, 11) is 0. The molecule has 2 aliphatic carbocycles. The lowest BCUT2D eigenvalue weighted by molar-refractivity contribution is -0.133. The predicted octanol–water partition coefficient (Wildman–Crippen LogP) is 4.02. The Morgan fingerprint density at radius 1 is 1.24 bits per heavy atom. The number of carbonyl (C=O) groups excluding carboxylic acids is 1. The van der Waals surface area contributed by atoms with Crippen LogP contribution in [-0.2, 0) is 11.2 Å². The van der Waals surface area contributed by atoms with E-state index in [9.17, 15) is 15.0 Å². The topological polar surface area (TPSA) is 72.8 Å². The number of carbonyl (C=O) groups is 1. The number of allylic oxidation sites excluding steroid dienone is 1. The molecular formula is C29H44N2O3. The van der Waals surface area contributed by atoms with Crippen LogP contribution < -0.4 is 5.32 Å². The van der Waals surface area contributed by atoms with E-state index in [-0.39, 0.29) is 30.0 Å². The number of aliphatic hydroxyl groups is 2. The average molecular weight is 469 g/mol. The van der Waals surface area contributed by atoms with E-state index >= 15 is 0 Å². The average Bonchev–Trinajstić information content (AvgIpc) is 3.25. The number of hydrogen-bond donors (Lipinski definition) is 3. The van der Waals surface area contributed by atoms with Crippen LogP contribution in [0.5, 0.6) is 0 Å². The monoisotopic (exact) mass is 468 g/mol. The van der Waals surface area contributed by atoms with Crippen LogP contribution >= 0.6 is 0 Å². The second-order valence-electron chi connectivity index (χ2n) is 10.8. The molecule has 0 saturated heterocycles. The molecule has 0 aliphatic heterocycles. The Morgan fingerprint density at radius 2 is 1.97 bits per heavy atom. The summed E-state index contributed by atoms with van der Waals surface area (Å²) in [5.41, 5.74) is 3.75. The highest BCUT2D eigenvalue weighted by Crippen LogP contribution is 2.47. The van der Waals surface area contributed by atoms with Crippen LogP contribution in [0, 0.1) is 24.7 Å². The van der Waals surface area contributed by atoms with E-state index in [0.717, 1.165) is 31.4 Å². The fourth-order valence-electron chi connectivity index (χ4n) is 5.90. The molecule has 1 aromatic carbocycles. The van der Waals surface area contributed by atoms with E-state index in [1.165, 1.54) is 11.1 Å². The first-order valence-corrected chi connectivity index (χ1v) is 13.0. The SMILES string of the molecule is Cc1cccc(C[C@H](O)/C=C/[C@@H]2[C@H]3CC(CCNCC(=O)N(C(C)C)C(C)C)=C[C@H]3C[C@H]2O)c1. The van der Waals surface area contributed by atoms with Crippen molar-refractivity contribution in [1.82, 2.24) is 10.2 Å². The van der Waals surface area contributed by atoms with Crippen LogP contribution in [0.4, 0.5) is 0 Å². The molecule has 5 heteroatoms. The minimum Gasteiger partial charge on any atom is -0.392 e. The van der Waals surface area contributed by atoms with Crippen LogP contribution in [-0.4, -0.2) is 58.4 Å². The molecule has 0 aromatic heterocycles. The highest BCUT2D eigenvalue weighted by Gasteiger charge is 2.43. The molecule has 1 fully saturated rings. The van der Waals surface area contributed by atoms with E-state index in [0.29, 0.717) is 24.8 Å². The summed E-state index contributed by atoms with van der Waals surface area (Å²) in [6.45, 7) is 11.5. The number of fused-ring (bicyclic) bond motifs is 1. The van der Waals surface area contributed by atoms with Gasteiger partial charge in [-0.15, -0.1) is 0 Å². The van der Waals surface area contributed by atoms with Gasteiger partial charge in [0.2, 0.25) is 5.91 Å². The fourth-order valence-corrected chi connectivity index (χ4v) is 5.90. The second kappa shape index (κ2) is 12.1. The van der Waals surface area contributed by atoms with Crippen LogP contribution in [0.25, 0.3) is 0 Å². The summed E-state index contributed by atoms with van der Waals surface area (Å²) in [4.78, 5) is 14.4. The number of amides is 1. The standard InChI is InChI=1S/C29H44N2O3/c1-19(2)31(20(3)4)29(34)18-30-12-11-23-14-24-17-28(33)26(27(24)16-23)10-9-25(32)15-22-8-6-7-21(5)13-22/h6-10,13-14,19-20,24-28,30,32-33H,11-12,15-18H2,1-5H3/b10-9+/t24-,25+,26+,27-,28+/m0/s1. The summed E-state index contributed by atoms with van der Waals surface area (Å²) < 4.78 is 0. The van der Waals surface area contributed by atoms with E-state index in [4.69, 9.17) is 0 Å². The van der Waals surface area contributed by atoms with Gasteiger partial charge in [-0.3, -0.25) is 4.79 Å². The summed E-state index contributed by atoms with van der Waals surface area (Å²) in [5.74, 6) is 1.06. The number of hydrogen-bond acceptors (Lipinski definition) is 4. The van der Waals surface area contributed by atoms with Gasteiger partial charge in [-0.2, -0.15) is 0 Å². The Morgan fingerprint density at radius 3 is 2.65 bits per heavy atom. The van der Waals surface area contributed by atoms with Gasteiger partial charge in [-0.05, 0) is 77.8 Å². The maximum atomic E-state index is 12.5. The zero-order valence-corrected chi connectivity index (χ0v) is 21.6. The van der Waals surface area contributed by atoms with Gasteiger partial charge in [0.25, 0.3) is 0 Å². The number of aliphatic hydroxyl groups excluding tert-OH is 2. The summed E-state index contributed by atoms with van der Waals surface area (Å²) >= 11 is 0. The van der Waals surface area contributed by atoms with Crippen molar-refractivity contribution in [3.05, 3.63) is 59.2 Å². The smallest absolute Gasteiger partial charge is 0.236 e.